The minimum atomic E-state index is -4.96. The number of aliphatic hydroxyl groups excluding tert-OH is 1. The van der Waals surface area contributed by atoms with Gasteiger partial charge in [0.2, 0.25) is 0 Å². The lowest BCUT2D eigenvalue weighted by atomic mass is 9.99. The monoisotopic (exact) mass is 1440 g/mol. The molecule has 0 aromatic carbocycles. The van der Waals surface area contributed by atoms with Gasteiger partial charge in [-0.15, -0.1) is 0 Å². The molecular formula is C79H154O17P2. The molecule has 0 bridgehead atoms. The first-order valence-electron chi connectivity index (χ1n) is 41.2. The van der Waals surface area contributed by atoms with Crippen molar-refractivity contribution in [2.24, 2.45) is 5.92 Å². The molecule has 0 aromatic heterocycles. The third-order valence-corrected chi connectivity index (χ3v) is 20.8. The standard InChI is InChI=1S/C79H154O17P2/c1-6-10-13-16-18-20-22-23-24-25-26-27-31-34-37-41-44-48-53-58-63-77(82)90-69-75(96-79(84)65-60-55-50-46-42-38-35-32-29-28-30-33-36-40-43-47-52-56-61-72(5)9-4)71-94-98(87,88)92-67-73(80)66-91-97(85,86)93-70-74(68-89-76(81)62-57-51-15-12-8-3)95-78(83)64-59-54-49-45-39-21-19-17-14-11-7-2/h72-75,80H,6-71H2,1-5H3,(H,85,86)(H,87,88)/t72?,73-,74+,75+/m0/s1. The van der Waals surface area contributed by atoms with E-state index in [1.165, 1.54) is 238 Å². The number of hydrogen-bond acceptors (Lipinski definition) is 15. The molecule has 98 heavy (non-hydrogen) atoms. The van der Waals surface area contributed by atoms with Gasteiger partial charge in [0.1, 0.15) is 19.3 Å². The fourth-order valence-corrected chi connectivity index (χ4v) is 13.8. The zero-order valence-corrected chi connectivity index (χ0v) is 65.7. The summed E-state index contributed by atoms with van der Waals surface area (Å²) in [6.07, 6.45) is 63.0. The van der Waals surface area contributed by atoms with Crippen LogP contribution in [-0.4, -0.2) is 96.7 Å². The summed E-state index contributed by atoms with van der Waals surface area (Å²) in [7, 11) is -9.90. The van der Waals surface area contributed by atoms with Crippen molar-refractivity contribution in [3.63, 3.8) is 0 Å². The topological polar surface area (TPSA) is 237 Å². The molecule has 0 rings (SSSR count). The third kappa shape index (κ3) is 71.1. The molecule has 0 saturated heterocycles. The lowest BCUT2D eigenvalue weighted by Crippen LogP contribution is -2.30. The number of hydrogen-bond donors (Lipinski definition) is 3. The van der Waals surface area contributed by atoms with Crippen molar-refractivity contribution in [1.29, 1.82) is 0 Å². The van der Waals surface area contributed by atoms with Gasteiger partial charge in [-0.25, -0.2) is 9.13 Å². The van der Waals surface area contributed by atoms with Crippen LogP contribution in [0.15, 0.2) is 0 Å². The van der Waals surface area contributed by atoms with Crippen molar-refractivity contribution in [1.82, 2.24) is 0 Å². The molecule has 0 radical (unpaired) electrons. The van der Waals surface area contributed by atoms with Gasteiger partial charge in [-0.2, -0.15) is 0 Å². The highest BCUT2D eigenvalue weighted by molar-refractivity contribution is 7.47. The smallest absolute Gasteiger partial charge is 0.462 e. The minimum absolute atomic E-state index is 0.106. The Bertz CT molecular complexity index is 1880. The van der Waals surface area contributed by atoms with Crippen LogP contribution < -0.4 is 0 Å². The molecule has 19 heteroatoms. The molecule has 0 fully saturated rings. The lowest BCUT2D eigenvalue weighted by Gasteiger charge is -2.21. The molecule has 0 aromatic rings. The second kappa shape index (κ2) is 72.0. The largest absolute Gasteiger partial charge is 0.472 e. The van der Waals surface area contributed by atoms with Crippen LogP contribution in [-0.2, 0) is 65.4 Å². The second-order valence-electron chi connectivity index (χ2n) is 28.7. The van der Waals surface area contributed by atoms with Crippen LogP contribution in [0.25, 0.3) is 0 Å². The molecule has 0 aliphatic heterocycles. The SMILES string of the molecule is CCCCCCCCCCCCCCCCCCCCCCC(=O)OC[C@H](COP(=O)(O)OC[C@@H](O)COP(=O)(O)OC[C@@H](COC(=O)CCCCCCC)OC(=O)CCCCCCCCCCCCC)OC(=O)CCCCCCCCCCCCCCCCCCCCC(C)CC. The van der Waals surface area contributed by atoms with E-state index >= 15 is 0 Å². The molecular weight excluding hydrogens is 1280 g/mol. The summed E-state index contributed by atoms with van der Waals surface area (Å²) >= 11 is 0. The lowest BCUT2D eigenvalue weighted by molar-refractivity contribution is -0.161. The maximum atomic E-state index is 13.1. The molecule has 0 saturated carbocycles. The number of phosphoric acid groups is 2. The summed E-state index contributed by atoms with van der Waals surface area (Å²) in [4.78, 5) is 72.6. The van der Waals surface area contributed by atoms with Gasteiger partial charge in [0.25, 0.3) is 0 Å². The first-order chi connectivity index (χ1) is 47.6. The Morgan fingerprint density at radius 1 is 0.286 bits per heavy atom. The number of carbonyl (C=O) groups is 4. The highest BCUT2D eigenvalue weighted by Gasteiger charge is 2.30. The van der Waals surface area contributed by atoms with Crippen LogP contribution in [0, 0.1) is 5.92 Å². The highest BCUT2D eigenvalue weighted by atomic mass is 31.2. The van der Waals surface area contributed by atoms with Crippen molar-refractivity contribution in [3.8, 4) is 0 Å². The number of esters is 4. The van der Waals surface area contributed by atoms with Gasteiger partial charge in [0, 0.05) is 25.7 Å². The van der Waals surface area contributed by atoms with Gasteiger partial charge in [0.05, 0.1) is 26.4 Å². The molecule has 0 aliphatic carbocycles. The molecule has 3 N–H and O–H groups in total. The third-order valence-electron chi connectivity index (χ3n) is 18.9. The van der Waals surface area contributed by atoms with E-state index in [4.69, 9.17) is 37.0 Å². The zero-order chi connectivity index (χ0) is 71.9. The Kier molecular flexibility index (Phi) is 70.6. The molecule has 3 unspecified atom stereocenters. The highest BCUT2D eigenvalue weighted by Crippen LogP contribution is 2.45. The first-order valence-corrected chi connectivity index (χ1v) is 44.2. The zero-order valence-electron chi connectivity index (χ0n) is 63.9. The summed E-state index contributed by atoms with van der Waals surface area (Å²) in [5.41, 5.74) is 0. The van der Waals surface area contributed by atoms with E-state index in [9.17, 15) is 43.2 Å². The van der Waals surface area contributed by atoms with Crippen molar-refractivity contribution < 1.29 is 80.2 Å². The van der Waals surface area contributed by atoms with E-state index in [2.05, 4.69) is 34.6 Å². The molecule has 6 atom stereocenters. The van der Waals surface area contributed by atoms with Crippen LogP contribution in [0.1, 0.15) is 420 Å². The Morgan fingerprint density at radius 2 is 0.490 bits per heavy atom. The summed E-state index contributed by atoms with van der Waals surface area (Å²) < 4.78 is 68.3. The average molecular weight is 1440 g/mol. The van der Waals surface area contributed by atoms with Crippen molar-refractivity contribution in [3.05, 3.63) is 0 Å². The maximum Gasteiger partial charge on any atom is 0.472 e. The fraction of sp³-hybridized carbons (Fsp3) is 0.949. The van der Waals surface area contributed by atoms with Crippen LogP contribution in [0.2, 0.25) is 0 Å². The molecule has 582 valence electrons. The number of aliphatic hydroxyl groups is 1. The predicted molar refractivity (Wildman–Crippen MR) is 400 cm³/mol. The van der Waals surface area contributed by atoms with Crippen molar-refractivity contribution in [2.75, 3.05) is 39.6 Å². The van der Waals surface area contributed by atoms with Gasteiger partial charge < -0.3 is 33.8 Å². The molecule has 0 amide bonds. The van der Waals surface area contributed by atoms with Gasteiger partial charge >= 0.3 is 39.5 Å². The van der Waals surface area contributed by atoms with Crippen molar-refractivity contribution >= 4 is 39.5 Å². The van der Waals surface area contributed by atoms with Crippen LogP contribution in [0.3, 0.4) is 0 Å². The maximum absolute atomic E-state index is 13.1. The van der Waals surface area contributed by atoms with E-state index < -0.39 is 97.5 Å². The van der Waals surface area contributed by atoms with E-state index in [1.807, 2.05) is 0 Å². The quantitative estimate of drug-likeness (QED) is 0.0222. The average Bonchev–Trinajstić information content (AvgIpc) is 1.15. The van der Waals surface area contributed by atoms with E-state index in [1.54, 1.807) is 0 Å². The molecule has 0 spiro atoms. The van der Waals surface area contributed by atoms with Gasteiger partial charge in [-0.1, -0.05) is 369 Å². The van der Waals surface area contributed by atoms with Crippen LogP contribution in [0.5, 0.6) is 0 Å². The Labute approximate surface area is 600 Å². The van der Waals surface area contributed by atoms with Gasteiger partial charge in [-0.05, 0) is 31.6 Å². The summed E-state index contributed by atoms with van der Waals surface area (Å²) in [6.45, 7) is 7.28. The minimum Gasteiger partial charge on any atom is -0.462 e. The number of carbonyl (C=O) groups excluding carboxylic acids is 4. The normalized spacial score (nSPS) is 14.2. The van der Waals surface area contributed by atoms with E-state index in [-0.39, 0.29) is 25.7 Å². The molecule has 0 aliphatic rings. The Morgan fingerprint density at radius 3 is 0.724 bits per heavy atom. The Hall–Kier alpha value is -1.94. The van der Waals surface area contributed by atoms with Crippen LogP contribution in [0.4, 0.5) is 0 Å². The fourth-order valence-electron chi connectivity index (χ4n) is 12.2. The molecule has 0 heterocycles. The number of phosphoric ester groups is 2. The second-order valence-corrected chi connectivity index (χ2v) is 31.6. The molecule has 17 nitrogen and oxygen atoms in total. The summed E-state index contributed by atoms with van der Waals surface area (Å²) in [6, 6.07) is 0. The number of rotatable bonds is 79. The van der Waals surface area contributed by atoms with Crippen molar-refractivity contribution in [2.45, 2.75) is 438 Å². The Balaban J connectivity index is 5.10. The van der Waals surface area contributed by atoms with E-state index in [0.717, 1.165) is 102 Å². The number of ether oxygens (including phenoxy) is 4. The first kappa shape index (κ1) is 96.1. The summed E-state index contributed by atoms with van der Waals surface area (Å²) in [5, 5.41) is 10.6. The van der Waals surface area contributed by atoms with Gasteiger partial charge in [-0.3, -0.25) is 37.3 Å². The number of unbranched alkanes of at least 4 members (excludes halogenated alkanes) is 50. The predicted octanol–water partition coefficient (Wildman–Crippen LogP) is 23.6. The van der Waals surface area contributed by atoms with Crippen LogP contribution >= 0.6 is 15.6 Å². The van der Waals surface area contributed by atoms with Gasteiger partial charge in [0.15, 0.2) is 12.2 Å². The van der Waals surface area contributed by atoms with E-state index in [0.29, 0.717) is 25.7 Å². The summed E-state index contributed by atoms with van der Waals surface area (Å²) in [5.74, 6) is -1.25.